The number of carbonyl (C=O) groups excluding carboxylic acids is 1. The zero-order valence-electron chi connectivity index (χ0n) is 13.1. The Balaban J connectivity index is 1.57. The van der Waals surface area contributed by atoms with Crippen LogP contribution >= 0.6 is 0 Å². The molecule has 8 nitrogen and oxygen atoms in total. The molecule has 0 unspecified atom stereocenters. The van der Waals surface area contributed by atoms with E-state index >= 15 is 0 Å². The van der Waals surface area contributed by atoms with Gasteiger partial charge in [-0.1, -0.05) is 0 Å². The molecule has 2 aliphatic rings. The van der Waals surface area contributed by atoms with Gasteiger partial charge in [0.2, 0.25) is 15.9 Å². The molecule has 9 heteroatoms. The molecule has 2 fully saturated rings. The number of hydrogen-bond donors (Lipinski definition) is 1. The Morgan fingerprint density at radius 2 is 2.22 bits per heavy atom. The molecule has 1 amide bonds. The Morgan fingerprint density at radius 3 is 2.87 bits per heavy atom. The Labute approximate surface area is 135 Å². The molecule has 1 aromatic rings. The third-order valence-corrected chi connectivity index (χ3v) is 5.53. The predicted octanol–water partition coefficient (Wildman–Crippen LogP) is -0.407. The molecule has 1 N–H and O–H groups in total. The molecule has 126 valence electrons. The van der Waals surface area contributed by atoms with Gasteiger partial charge in [-0.05, 0) is 13.3 Å². The van der Waals surface area contributed by atoms with Gasteiger partial charge < -0.3 is 10.1 Å². The lowest BCUT2D eigenvalue weighted by Crippen LogP contribution is -2.38. The summed E-state index contributed by atoms with van der Waals surface area (Å²) in [7, 11) is -3.26. The second-order valence-electron chi connectivity index (χ2n) is 6.00. The molecule has 3 rings (SSSR count). The standard InChI is InChI=1S/C14H20N4O4S/c1-9-6-16-10(7-15-9)8-17-14(19)13-5-11-12(22-13)3-4-18(11)23(2,20)21/h6-7,11-13H,3-5,8H2,1-2H3,(H,17,19)/t11-,12-,13-/m0/s1. The molecule has 1 aromatic heterocycles. The Hall–Kier alpha value is -1.58. The van der Waals surface area contributed by atoms with Crippen LogP contribution in [0.5, 0.6) is 0 Å². The van der Waals surface area contributed by atoms with Crippen LogP contribution < -0.4 is 5.32 Å². The average Bonchev–Trinajstić information content (AvgIpc) is 3.05. The van der Waals surface area contributed by atoms with Gasteiger partial charge in [0.15, 0.2) is 0 Å². The molecule has 23 heavy (non-hydrogen) atoms. The number of nitrogens with zero attached hydrogens (tertiary/aromatic N) is 3. The summed E-state index contributed by atoms with van der Waals surface area (Å²) in [5, 5.41) is 2.77. The molecule has 0 aromatic carbocycles. The van der Waals surface area contributed by atoms with E-state index < -0.39 is 16.1 Å². The summed E-state index contributed by atoms with van der Waals surface area (Å²) < 4.78 is 30.7. The normalized spacial score (nSPS) is 27.8. The van der Waals surface area contributed by atoms with E-state index in [0.29, 0.717) is 25.1 Å². The maximum Gasteiger partial charge on any atom is 0.249 e. The number of aryl methyl sites for hydroxylation is 1. The van der Waals surface area contributed by atoms with Crippen molar-refractivity contribution in [3.63, 3.8) is 0 Å². The fraction of sp³-hybridized carbons (Fsp3) is 0.643. The molecule has 0 radical (unpaired) electrons. The number of fused-ring (bicyclic) bond motifs is 1. The summed E-state index contributed by atoms with van der Waals surface area (Å²) in [4.78, 5) is 20.5. The second kappa shape index (κ2) is 6.14. The van der Waals surface area contributed by atoms with Crippen LogP contribution in [0.4, 0.5) is 0 Å². The van der Waals surface area contributed by atoms with Crippen molar-refractivity contribution in [1.82, 2.24) is 19.6 Å². The number of nitrogens with one attached hydrogen (secondary N) is 1. The van der Waals surface area contributed by atoms with Gasteiger partial charge in [0.05, 0.1) is 42.5 Å². The molecule has 2 saturated heterocycles. The highest BCUT2D eigenvalue weighted by molar-refractivity contribution is 7.88. The first-order valence-electron chi connectivity index (χ1n) is 7.52. The van der Waals surface area contributed by atoms with Gasteiger partial charge in [-0.15, -0.1) is 0 Å². The smallest absolute Gasteiger partial charge is 0.249 e. The highest BCUT2D eigenvalue weighted by Gasteiger charge is 2.48. The van der Waals surface area contributed by atoms with E-state index in [1.165, 1.54) is 10.6 Å². The summed E-state index contributed by atoms with van der Waals surface area (Å²) in [5.41, 5.74) is 1.48. The third-order valence-electron chi connectivity index (χ3n) is 4.22. The molecule has 0 spiro atoms. The summed E-state index contributed by atoms with van der Waals surface area (Å²) in [5.74, 6) is -0.241. The Kier molecular flexibility index (Phi) is 4.35. The van der Waals surface area contributed by atoms with Crippen molar-refractivity contribution in [3.05, 3.63) is 23.8 Å². The largest absolute Gasteiger partial charge is 0.363 e. The third kappa shape index (κ3) is 3.51. The van der Waals surface area contributed by atoms with Gasteiger partial charge in [-0.2, -0.15) is 4.31 Å². The van der Waals surface area contributed by atoms with Gasteiger partial charge in [0, 0.05) is 19.2 Å². The first kappa shape index (κ1) is 16.3. The van der Waals surface area contributed by atoms with E-state index in [2.05, 4.69) is 15.3 Å². The number of aromatic nitrogens is 2. The molecule has 3 heterocycles. The topological polar surface area (TPSA) is 101 Å². The van der Waals surface area contributed by atoms with E-state index in [4.69, 9.17) is 4.74 Å². The number of rotatable bonds is 4. The Bertz CT molecular complexity index is 691. The van der Waals surface area contributed by atoms with E-state index in [1.54, 1.807) is 12.4 Å². The fourth-order valence-electron chi connectivity index (χ4n) is 3.09. The maximum absolute atomic E-state index is 12.2. The highest BCUT2D eigenvalue weighted by Crippen LogP contribution is 2.34. The van der Waals surface area contributed by atoms with Gasteiger partial charge in [-0.25, -0.2) is 8.42 Å². The summed E-state index contributed by atoms with van der Waals surface area (Å²) in [6.07, 6.45) is 4.66. The van der Waals surface area contributed by atoms with Crippen LogP contribution in [0.1, 0.15) is 24.2 Å². The molecule has 0 saturated carbocycles. The fourth-order valence-corrected chi connectivity index (χ4v) is 4.25. The van der Waals surface area contributed by atoms with Crippen LogP contribution in [0.2, 0.25) is 0 Å². The number of sulfonamides is 1. The lowest BCUT2D eigenvalue weighted by molar-refractivity contribution is -0.132. The minimum Gasteiger partial charge on any atom is -0.363 e. The molecule has 0 bridgehead atoms. The van der Waals surface area contributed by atoms with Crippen molar-refractivity contribution >= 4 is 15.9 Å². The molecule has 0 aliphatic carbocycles. The molecule has 3 atom stereocenters. The number of carbonyl (C=O) groups is 1. The molecular formula is C14H20N4O4S. The zero-order valence-corrected chi connectivity index (χ0v) is 13.9. The zero-order chi connectivity index (χ0) is 16.6. The van der Waals surface area contributed by atoms with Crippen molar-refractivity contribution in [2.75, 3.05) is 12.8 Å². The number of hydrogen-bond acceptors (Lipinski definition) is 6. The van der Waals surface area contributed by atoms with Crippen LogP contribution in [0.15, 0.2) is 12.4 Å². The van der Waals surface area contributed by atoms with Crippen molar-refractivity contribution in [3.8, 4) is 0 Å². The maximum atomic E-state index is 12.2. The minimum absolute atomic E-state index is 0.195. The van der Waals surface area contributed by atoms with Gasteiger partial charge in [-0.3, -0.25) is 14.8 Å². The second-order valence-corrected chi connectivity index (χ2v) is 7.93. The summed E-state index contributed by atoms with van der Waals surface area (Å²) in [6, 6.07) is -0.236. The molecular weight excluding hydrogens is 320 g/mol. The lowest BCUT2D eigenvalue weighted by atomic mass is 10.1. The van der Waals surface area contributed by atoms with Crippen LogP contribution in [-0.4, -0.2) is 59.6 Å². The van der Waals surface area contributed by atoms with Gasteiger partial charge in [0.1, 0.15) is 6.10 Å². The number of amides is 1. The first-order chi connectivity index (χ1) is 10.8. The van der Waals surface area contributed by atoms with Crippen molar-refractivity contribution < 1.29 is 17.9 Å². The summed E-state index contributed by atoms with van der Waals surface area (Å²) in [6.45, 7) is 2.58. The Morgan fingerprint density at radius 1 is 1.43 bits per heavy atom. The van der Waals surface area contributed by atoms with Gasteiger partial charge in [0.25, 0.3) is 0 Å². The van der Waals surface area contributed by atoms with Crippen LogP contribution in [0.25, 0.3) is 0 Å². The van der Waals surface area contributed by atoms with E-state index in [-0.39, 0.29) is 24.6 Å². The lowest BCUT2D eigenvalue weighted by Gasteiger charge is -2.19. The first-order valence-corrected chi connectivity index (χ1v) is 9.37. The molecule has 2 aliphatic heterocycles. The summed E-state index contributed by atoms with van der Waals surface area (Å²) >= 11 is 0. The predicted molar refractivity (Wildman–Crippen MR) is 81.8 cm³/mol. The van der Waals surface area contributed by atoms with E-state index in [1.807, 2.05) is 6.92 Å². The van der Waals surface area contributed by atoms with E-state index in [9.17, 15) is 13.2 Å². The minimum atomic E-state index is -3.26. The highest BCUT2D eigenvalue weighted by atomic mass is 32.2. The SMILES string of the molecule is Cc1cnc(CNC(=O)[C@@H]2C[C@H]3[C@H](CCN3S(C)(=O)=O)O2)cn1. The van der Waals surface area contributed by atoms with Crippen molar-refractivity contribution in [2.45, 2.75) is 44.6 Å². The quantitative estimate of drug-likeness (QED) is 0.800. The van der Waals surface area contributed by atoms with E-state index in [0.717, 1.165) is 5.69 Å². The average molecular weight is 340 g/mol. The number of ether oxygens (including phenoxy) is 1. The van der Waals surface area contributed by atoms with Crippen molar-refractivity contribution in [1.29, 1.82) is 0 Å². The van der Waals surface area contributed by atoms with Crippen LogP contribution in [-0.2, 0) is 26.1 Å². The van der Waals surface area contributed by atoms with Gasteiger partial charge >= 0.3 is 0 Å². The van der Waals surface area contributed by atoms with Crippen LogP contribution in [0, 0.1) is 6.92 Å². The van der Waals surface area contributed by atoms with Crippen molar-refractivity contribution in [2.24, 2.45) is 0 Å². The monoisotopic (exact) mass is 340 g/mol. The van der Waals surface area contributed by atoms with Crippen LogP contribution in [0.3, 0.4) is 0 Å².